The van der Waals surface area contributed by atoms with Crippen LogP contribution >= 0.6 is 11.3 Å². The molecule has 2 aromatic heterocycles. The van der Waals surface area contributed by atoms with Crippen LogP contribution in [0.15, 0.2) is 35.8 Å². The number of ether oxygens (including phenoxy) is 2. The van der Waals surface area contributed by atoms with Gasteiger partial charge in [0.1, 0.15) is 11.4 Å². The number of carbonyl (C=O) groups excluding carboxylic acids is 2. The molecular formula is C20H21N3O4S. The molecule has 28 heavy (non-hydrogen) atoms. The molecule has 2 N–H and O–H groups in total. The van der Waals surface area contributed by atoms with Crippen molar-refractivity contribution in [3.8, 4) is 17.0 Å². The van der Waals surface area contributed by atoms with E-state index in [0.717, 1.165) is 22.4 Å². The van der Waals surface area contributed by atoms with Gasteiger partial charge in [0.2, 0.25) is 5.91 Å². The SMILES string of the molecule is COC(=O)c1cc(-c2csc(NC(=O)CCOc3cc(C)ccc3C)n2)c[nH]1. The number of aromatic nitrogens is 2. The molecule has 146 valence electrons. The third kappa shape index (κ3) is 4.77. The Labute approximate surface area is 166 Å². The summed E-state index contributed by atoms with van der Waals surface area (Å²) in [5.74, 6) is 0.174. The van der Waals surface area contributed by atoms with Crippen LogP contribution < -0.4 is 10.1 Å². The monoisotopic (exact) mass is 399 g/mol. The number of benzene rings is 1. The lowest BCUT2D eigenvalue weighted by Gasteiger charge is -2.09. The molecule has 7 nitrogen and oxygen atoms in total. The van der Waals surface area contributed by atoms with Crippen LogP contribution in [0.1, 0.15) is 28.0 Å². The molecule has 8 heteroatoms. The second-order valence-electron chi connectivity index (χ2n) is 6.25. The minimum atomic E-state index is -0.446. The number of hydrogen-bond acceptors (Lipinski definition) is 6. The minimum Gasteiger partial charge on any atom is -0.493 e. The van der Waals surface area contributed by atoms with Gasteiger partial charge in [-0.3, -0.25) is 4.79 Å². The predicted molar refractivity (Wildman–Crippen MR) is 108 cm³/mol. The fourth-order valence-corrected chi connectivity index (χ4v) is 3.27. The molecule has 1 amide bonds. The zero-order chi connectivity index (χ0) is 20.1. The molecule has 0 bridgehead atoms. The highest BCUT2D eigenvalue weighted by atomic mass is 32.1. The van der Waals surface area contributed by atoms with E-state index in [-0.39, 0.29) is 18.9 Å². The van der Waals surface area contributed by atoms with E-state index >= 15 is 0 Å². The Kier molecular flexibility index (Phi) is 6.10. The van der Waals surface area contributed by atoms with Crippen LogP contribution in [0.4, 0.5) is 5.13 Å². The standard InChI is InChI=1S/C20H21N3O4S/c1-12-4-5-13(2)17(8-12)27-7-6-18(24)23-20-22-16(11-28-20)14-9-15(21-10-14)19(25)26-3/h4-5,8-11,21H,6-7H2,1-3H3,(H,22,23,24). The maximum Gasteiger partial charge on any atom is 0.354 e. The average Bonchev–Trinajstić information content (AvgIpc) is 3.33. The number of amides is 1. The lowest BCUT2D eigenvalue weighted by Crippen LogP contribution is -2.15. The number of nitrogens with zero attached hydrogens (tertiary/aromatic N) is 1. The first-order valence-electron chi connectivity index (χ1n) is 8.69. The molecule has 2 heterocycles. The molecule has 0 aliphatic heterocycles. The van der Waals surface area contributed by atoms with Gasteiger partial charge >= 0.3 is 5.97 Å². The van der Waals surface area contributed by atoms with E-state index in [0.29, 0.717) is 16.5 Å². The summed E-state index contributed by atoms with van der Waals surface area (Å²) < 4.78 is 10.4. The third-order valence-corrected chi connectivity index (χ3v) is 4.82. The van der Waals surface area contributed by atoms with Gasteiger partial charge in [0, 0.05) is 17.1 Å². The van der Waals surface area contributed by atoms with Crippen molar-refractivity contribution in [3.63, 3.8) is 0 Å². The molecule has 0 saturated heterocycles. The summed E-state index contributed by atoms with van der Waals surface area (Å²) in [5.41, 5.74) is 3.90. The number of methoxy groups -OCH3 is 1. The largest absolute Gasteiger partial charge is 0.493 e. The number of hydrogen-bond donors (Lipinski definition) is 2. The Bertz CT molecular complexity index is 993. The van der Waals surface area contributed by atoms with Crippen molar-refractivity contribution in [1.29, 1.82) is 0 Å². The Hall–Kier alpha value is -3.13. The van der Waals surface area contributed by atoms with Crippen LogP contribution in [-0.2, 0) is 9.53 Å². The highest BCUT2D eigenvalue weighted by Gasteiger charge is 2.13. The smallest absolute Gasteiger partial charge is 0.354 e. The number of rotatable bonds is 7. The van der Waals surface area contributed by atoms with E-state index < -0.39 is 5.97 Å². The van der Waals surface area contributed by atoms with Gasteiger partial charge < -0.3 is 19.8 Å². The molecule has 0 saturated carbocycles. The number of H-pyrrole nitrogens is 1. The van der Waals surface area contributed by atoms with Gasteiger partial charge in [0.25, 0.3) is 0 Å². The van der Waals surface area contributed by atoms with E-state index in [2.05, 4.69) is 20.0 Å². The van der Waals surface area contributed by atoms with Crippen molar-refractivity contribution >= 4 is 28.3 Å². The fraction of sp³-hybridized carbons (Fsp3) is 0.250. The molecule has 0 atom stereocenters. The normalized spacial score (nSPS) is 10.5. The lowest BCUT2D eigenvalue weighted by atomic mass is 10.1. The second kappa shape index (κ2) is 8.71. The zero-order valence-corrected chi connectivity index (χ0v) is 16.7. The van der Waals surface area contributed by atoms with E-state index in [1.807, 2.05) is 37.4 Å². The van der Waals surface area contributed by atoms with Crippen LogP contribution in [0, 0.1) is 13.8 Å². The summed E-state index contributed by atoms with van der Waals surface area (Å²) in [6, 6.07) is 7.63. The number of carbonyl (C=O) groups is 2. The Morgan fingerprint density at radius 2 is 2.07 bits per heavy atom. The molecule has 0 aliphatic carbocycles. The average molecular weight is 399 g/mol. The van der Waals surface area contributed by atoms with Gasteiger partial charge in [-0.25, -0.2) is 9.78 Å². The first-order valence-corrected chi connectivity index (χ1v) is 9.57. The summed E-state index contributed by atoms with van der Waals surface area (Å²) in [7, 11) is 1.32. The molecule has 1 aromatic carbocycles. The highest BCUT2D eigenvalue weighted by Crippen LogP contribution is 2.26. The summed E-state index contributed by atoms with van der Waals surface area (Å²) in [6.45, 7) is 4.25. The number of esters is 1. The summed E-state index contributed by atoms with van der Waals surface area (Å²) in [5, 5.41) is 5.08. The maximum absolute atomic E-state index is 12.1. The summed E-state index contributed by atoms with van der Waals surface area (Å²) in [6.07, 6.45) is 1.89. The van der Waals surface area contributed by atoms with Gasteiger partial charge in [-0.2, -0.15) is 0 Å². The number of thiazole rings is 1. The van der Waals surface area contributed by atoms with E-state index in [9.17, 15) is 9.59 Å². The molecule has 0 unspecified atom stereocenters. The predicted octanol–water partition coefficient (Wildman–Crippen LogP) is 3.95. The van der Waals surface area contributed by atoms with Gasteiger partial charge in [0.15, 0.2) is 5.13 Å². The lowest BCUT2D eigenvalue weighted by molar-refractivity contribution is -0.116. The van der Waals surface area contributed by atoms with Crippen molar-refractivity contribution < 1.29 is 19.1 Å². The quantitative estimate of drug-likeness (QED) is 0.587. The Balaban J connectivity index is 1.53. The molecule has 0 fully saturated rings. The van der Waals surface area contributed by atoms with E-state index in [1.165, 1.54) is 18.4 Å². The molecule has 3 rings (SSSR count). The van der Waals surface area contributed by atoms with Crippen molar-refractivity contribution in [2.75, 3.05) is 19.0 Å². The van der Waals surface area contributed by atoms with Crippen LogP contribution in [0.3, 0.4) is 0 Å². The zero-order valence-electron chi connectivity index (χ0n) is 15.9. The van der Waals surface area contributed by atoms with Gasteiger partial charge in [0.05, 0.1) is 25.8 Å². The number of anilines is 1. The minimum absolute atomic E-state index is 0.171. The summed E-state index contributed by atoms with van der Waals surface area (Å²) >= 11 is 1.32. The van der Waals surface area contributed by atoms with Crippen molar-refractivity contribution in [2.24, 2.45) is 0 Å². The number of aryl methyl sites for hydroxylation is 2. The van der Waals surface area contributed by atoms with E-state index in [1.54, 1.807) is 12.3 Å². The first-order chi connectivity index (χ1) is 13.5. The van der Waals surface area contributed by atoms with Gasteiger partial charge in [-0.05, 0) is 37.1 Å². The second-order valence-corrected chi connectivity index (χ2v) is 7.11. The molecule has 3 aromatic rings. The third-order valence-electron chi connectivity index (χ3n) is 4.06. The molecule has 0 spiro atoms. The van der Waals surface area contributed by atoms with Gasteiger partial charge in [-0.15, -0.1) is 11.3 Å². The maximum atomic E-state index is 12.1. The molecule has 0 aliphatic rings. The Morgan fingerprint density at radius 1 is 1.25 bits per heavy atom. The highest BCUT2D eigenvalue weighted by molar-refractivity contribution is 7.14. The van der Waals surface area contributed by atoms with Gasteiger partial charge in [-0.1, -0.05) is 12.1 Å². The Morgan fingerprint density at radius 3 is 2.86 bits per heavy atom. The molecular weight excluding hydrogens is 378 g/mol. The van der Waals surface area contributed by atoms with Crippen molar-refractivity contribution in [2.45, 2.75) is 20.3 Å². The van der Waals surface area contributed by atoms with Crippen molar-refractivity contribution in [1.82, 2.24) is 9.97 Å². The van der Waals surface area contributed by atoms with Crippen molar-refractivity contribution in [3.05, 3.63) is 52.7 Å². The van der Waals surface area contributed by atoms with Crippen LogP contribution in [-0.4, -0.2) is 35.6 Å². The van der Waals surface area contributed by atoms with Crippen LogP contribution in [0.5, 0.6) is 5.75 Å². The molecule has 0 radical (unpaired) electrons. The topological polar surface area (TPSA) is 93.3 Å². The van der Waals surface area contributed by atoms with E-state index in [4.69, 9.17) is 4.74 Å². The number of nitrogens with one attached hydrogen (secondary N) is 2. The first kappa shape index (κ1) is 19.6. The van der Waals surface area contributed by atoms with Crippen LogP contribution in [0.25, 0.3) is 11.3 Å². The van der Waals surface area contributed by atoms with Crippen LogP contribution in [0.2, 0.25) is 0 Å². The number of aromatic amines is 1. The summed E-state index contributed by atoms with van der Waals surface area (Å²) in [4.78, 5) is 30.9. The fourth-order valence-electron chi connectivity index (χ4n) is 2.53.